The SMILES string of the molecule is O=C(COc1ccc(F)cc1)N1CCC(c2cccs2)C1. The lowest BCUT2D eigenvalue weighted by atomic mass is 10.1. The molecule has 0 aliphatic carbocycles. The van der Waals surface area contributed by atoms with Crippen LogP contribution in [0.15, 0.2) is 41.8 Å². The van der Waals surface area contributed by atoms with Crippen molar-refractivity contribution in [2.75, 3.05) is 19.7 Å². The van der Waals surface area contributed by atoms with Crippen LogP contribution in [0.2, 0.25) is 0 Å². The molecule has 1 aromatic carbocycles. The first-order valence-corrected chi connectivity index (χ1v) is 7.80. The van der Waals surface area contributed by atoms with E-state index in [0.29, 0.717) is 11.7 Å². The Bertz CT molecular complexity index is 597. The monoisotopic (exact) mass is 305 g/mol. The molecule has 3 rings (SSSR count). The van der Waals surface area contributed by atoms with Crippen LogP contribution in [0.5, 0.6) is 5.75 Å². The zero-order valence-corrected chi connectivity index (χ0v) is 12.3. The van der Waals surface area contributed by atoms with Crippen LogP contribution >= 0.6 is 11.3 Å². The summed E-state index contributed by atoms with van der Waals surface area (Å²) in [6, 6.07) is 9.87. The molecule has 5 heteroatoms. The number of rotatable bonds is 4. The molecule has 1 fully saturated rings. The van der Waals surface area contributed by atoms with Gasteiger partial charge in [0.2, 0.25) is 0 Å². The van der Waals surface area contributed by atoms with E-state index in [9.17, 15) is 9.18 Å². The van der Waals surface area contributed by atoms with Gasteiger partial charge in [0.1, 0.15) is 11.6 Å². The van der Waals surface area contributed by atoms with E-state index in [0.717, 1.165) is 19.5 Å². The van der Waals surface area contributed by atoms with E-state index >= 15 is 0 Å². The van der Waals surface area contributed by atoms with Crippen LogP contribution in [-0.4, -0.2) is 30.5 Å². The molecule has 1 aliphatic rings. The molecule has 2 aromatic rings. The van der Waals surface area contributed by atoms with E-state index in [4.69, 9.17) is 4.74 Å². The molecule has 0 spiro atoms. The number of benzene rings is 1. The van der Waals surface area contributed by atoms with Crippen molar-refractivity contribution in [1.82, 2.24) is 4.90 Å². The Hall–Kier alpha value is -1.88. The van der Waals surface area contributed by atoms with E-state index < -0.39 is 0 Å². The Morgan fingerprint density at radius 3 is 2.86 bits per heavy atom. The molecule has 1 amide bonds. The Balaban J connectivity index is 1.51. The summed E-state index contributed by atoms with van der Waals surface area (Å²) in [5, 5.41) is 2.07. The molecule has 1 aliphatic heterocycles. The molecular formula is C16H16FNO2S. The minimum Gasteiger partial charge on any atom is -0.484 e. The molecule has 1 aromatic heterocycles. The Kier molecular flexibility index (Phi) is 4.20. The minimum absolute atomic E-state index is 0.00277. The molecule has 0 bridgehead atoms. The number of carbonyl (C=O) groups excluding carboxylic acids is 1. The summed E-state index contributed by atoms with van der Waals surface area (Å²) < 4.78 is 18.2. The number of carbonyl (C=O) groups is 1. The smallest absolute Gasteiger partial charge is 0.260 e. The molecule has 1 saturated heterocycles. The van der Waals surface area contributed by atoms with Crippen molar-refractivity contribution in [3.63, 3.8) is 0 Å². The number of hydrogen-bond acceptors (Lipinski definition) is 3. The highest BCUT2D eigenvalue weighted by molar-refractivity contribution is 7.10. The second-order valence-corrected chi connectivity index (χ2v) is 6.06. The molecular weight excluding hydrogens is 289 g/mol. The Morgan fingerprint density at radius 2 is 2.14 bits per heavy atom. The van der Waals surface area contributed by atoms with Crippen LogP contribution < -0.4 is 4.74 Å². The van der Waals surface area contributed by atoms with Crippen molar-refractivity contribution in [1.29, 1.82) is 0 Å². The van der Waals surface area contributed by atoms with Gasteiger partial charge >= 0.3 is 0 Å². The van der Waals surface area contributed by atoms with Gasteiger partial charge in [-0.05, 0) is 42.1 Å². The zero-order chi connectivity index (χ0) is 14.7. The van der Waals surface area contributed by atoms with Crippen LogP contribution in [0.1, 0.15) is 17.2 Å². The number of thiophene rings is 1. The molecule has 110 valence electrons. The normalized spacial score (nSPS) is 18.0. The summed E-state index contributed by atoms with van der Waals surface area (Å²) in [6.07, 6.45) is 1.00. The van der Waals surface area contributed by atoms with E-state index in [-0.39, 0.29) is 18.3 Å². The van der Waals surface area contributed by atoms with Crippen molar-refractivity contribution in [2.24, 2.45) is 0 Å². The fourth-order valence-electron chi connectivity index (χ4n) is 2.51. The van der Waals surface area contributed by atoms with Gasteiger partial charge in [-0.1, -0.05) is 6.07 Å². The Morgan fingerprint density at radius 1 is 1.33 bits per heavy atom. The highest BCUT2D eigenvalue weighted by Gasteiger charge is 2.27. The zero-order valence-electron chi connectivity index (χ0n) is 11.5. The molecule has 2 heterocycles. The third kappa shape index (κ3) is 3.42. The quantitative estimate of drug-likeness (QED) is 0.867. The van der Waals surface area contributed by atoms with Gasteiger partial charge in [-0.15, -0.1) is 11.3 Å². The average molecular weight is 305 g/mol. The lowest BCUT2D eigenvalue weighted by Gasteiger charge is -2.16. The van der Waals surface area contributed by atoms with E-state index in [2.05, 4.69) is 11.4 Å². The van der Waals surface area contributed by atoms with Gasteiger partial charge in [0.15, 0.2) is 6.61 Å². The number of ether oxygens (including phenoxy) is 1. The van der Waals surface area contributed by atoms with Gasteiger partial charge < -0.3 is 9.64 Å². The van der Waals surface area contributed by atoms with Gasteiger partial charge in [-0.2, -0.15) is 0 Å². The lowest BCUT2D eigenvalue weighted by Crippen LogP contribution is -2.32. The molecule has 1 unspecified atom stereocenters. The molecule has 3 nitrogen and oxygen atoms in total. The number of nitrogens with zero attached hydrogens (tertiary/aromatic N) is 1. The number of hydrogen-bond donors (Lipinski definition) is 0. The van der Waals surface area contributed by atoms with E-state index in [1.807, 2.05) is 11.0 Å². The highest BCUT2D eigenvalue weighted by Crippen LogP contribution is 2.30. The maximum Gasteiger partial charge on any atom is 0.260 e. The molecule has 1 atom stereocenters. The van der Waals surface area contributed by atoms with E-state index in [1.54, 1.807) is 11.3 Å². The molecule has 21 heavy (non-hydrogen) atoms. The van der Waals surface area contributed by atoms with Crippen molar-refractivity contribution in [3.8, 4) is 5.75 Å². The summed E-state index contributed by atoms with van der Waals surface area (Å²) in [6.45, 7) is 1.53. The molecule has 0 radical (unpaired) electrons. The van der Waals surface area contributed by atoms with Crippen LogP contribution in [0.4, 0.5) is 4.39 Å². The first-order chi connectivity index (χ1) is 10.2. The number of halogens is 1. The first-order valence-electron chi connectivity index (χ1n) is 6.92. The second-order valence-electron chi connectivity index (χ2n) is 5.08. The number of amides is 1. The van der Waals surface area contributed by atoms with Gasteiger partial charge in [-0.3, -0.25) is 4.79 Å². The van der Waals surface area contributed by atoms with Gasteiger partial charge in [0.25, 0.3) is 5.91 Å². The lowest BCUT2D eigenvalue weighted by molar-refractivity contribution is -0.132. The van der Waals surface area contributed by atoms with E-state index in [1.165, 1.54) is 29.1 Å². The first kappa shape index (κ1) is 14.1. The summed E-state index contributed by atoms with van der Waals surface area (Å²) in [5.41, 5.74) is 0. The standard InChI is InChI=1S/C16H16FNO2S/c17-13-3-5-14(6-4-13)20-11-16(19)18-8-7-12(10-18)15-2-1-9-21-15/h1-6,9,12H,7-8,10-11H2. The van der Waals surface area contributed by atoms with Crippen molar-refractivity contribution < 1.29 is 13.9 Å². The fraction of sp³-hybridized carbons (Fsp3) is 0.312. The summed E-state index contributed by atoms with van der Waals surface area (Å²) in [7, 11) is 0. The van der Waals surface area contributed by atoms with Crippen molar-refractivity contribution in [2.45, 2.75) is 12.3 Å². The van der Waals surface area contributed by atoms with Crippen LogP contribution in [0.3, 0.4) is 0 Å². The van der Waals surface area contributed by atoms with Crippen molar-refractivity contribution >= 4 is 17.2 Å². The fourth-order valence-corrected chi connectivity index (χ4v) is 3.37. The topological polar surface area (TPSA) is 29.5 Å². The predicted octanol–water partition coefficient (Wildman–Crippen LogP) is 3.28. The number of likely N-dealkylation sites (tertiary alicyclic amines) is 1. The van der Waals surface area contributed by atoms with Crippen LogP contribution in [-0.2, 0) is 4.79 Å². The third-order valence-corrected chi connectivity index (χ3v) is 4.70. The Labute approximate surface area is 127 Å². The third-order valence-electron chi connectivity index (χ3n) is 3.66. The minimum atomic E-state index is -0.313. The van der Waals surface area contributed by atoms with Crippen LogP contribution in [0, 0.1) is 5.82 Å². The summed E-state index contributed by atoms with van der Waals surface area (Å²) in [4.78, 5) is 15.3. The van der Waals surface area contributed by atoms with Gasteiger partial charge in [-0.25, -0.2) is 4.39 Å². The molecule has 0 N–H and O–H groups in total. The predicted molar refractivity (Wildman–Crippen MR) is 80.2 cm³/mol. The summed E-state index contributed by atoms with van der Waals surface area (Å²) >= 11 is 1.74. The average Bonchev–Trinajstić information content (AvgIpc) is 3.17. The molecule has 0 saturated carbocycles. The maximum absolute atomic E-state index is 12.8. The van der Waals surface area contributed by atoms with Crippen molar-refractivity contribution in [3.05, 3.63) is 52.5 Å². The summed E-state index contributed by atoms with van der Waals surface area (Å²) in [5.74, 6) is 0.629. The van der Waals surface area contributed by atoms with Crippen LogP contribution in [0.25, 0.3) is 0 Å². The van der Waals surface area contributed by atoms with Gasteiger partial charge in [0.05, 0.1) is 0 Å². The second kappa shape index (κ2) is 6.26. The highest BCUT2D eigenvalue weighted by atomic mass is 32.1. The largest absolute Gasteiger partial charge is 0.484 e. The maximum atomic E-state index is 12.8. The van der Waals surface area contributed by atoms with Gasteiger partial charge in [0, 0.05) is 23.9 Å².